The van der Waals surface area contributed by atoms with Gasteiger partial charge in [-0.05, 0) is 31.5 Å². The maximum absolute atomic E-state index is 11.0. The number of anilines is 1. The van der Waals surface area contributed by atoms with Crippen LogP contribution in [0.3, 0.4) is 0 Å². The van der Waals surface area contributed by atoms with Gasteiger partial charge >= 0.3 is 0 Å². The third-order valence-corrected chi connectivity index (χ3v) is 3.42. The summed E-state index contributed by atoms with van der Waals surface area (Å²) < 4.78 is 0. The molecule has 106 valence electrons. The van der Waals surface area contributed by atoms with Gasteiger partial charge in [-0.25, -0.2) is 0 Å². The summed E-state index contributed by atoms with van der Waals surface area (Å²) in [6, 6.07) is 5.56. The van der Waals surface area contributed by atoms with E-state index in [4.69, 9.17) is 5.84 Å². The Morgan fingerprint density at radius 2 is 2.16 bits per heavy atom. The first-order chi connectivity index (χ1) is 9.03. The number of nitrogens with one attached hydrogen (secondary N) is 1. The van der Waals surface area contributed by atoms with E-state index < -0.39 is 4.92 Å². The third kappa shape index (κ3) is 3.90. The maximum Gasteiger partial charge on any atom is 0.293 e. The number of hydrazine groups is 1. The van der Waals surface area contributed by atoms with E-state index in [-0.39, 0.29) is 5.69 Å². The van der Waals surface area contributed by atoms with E-state index in [0.717, 1.165) is 18.5 Å². The molecule has 0 fully saturated rings. The molecule has 6 nitrogen and oxygen atoms in total. The van der Waals surface area contributed by atoms with Crippen molar-refractivity contribution in [2.45, 2.75) is 39.8 Å². The highest BCUT2D eigenvalue weighted by atomic mass is 16.6. The molecule has 0 saturated carbocycles. The number of nitrogen functional groups attached to an aromatic ring is 1. The second kappa shape index (κ2) is 7.06. The Bertz CT molecular complexity index is 437. The van der Waals surface area contributed by atoms with Crippen molar-refractivity contribution in [3.05, 3.63) is 33.9 Å². The van der Waals surface area contributed by atoms with E-state index in [1.165, 1.54) is 0 Å². The minimum Gasteiger partial charge on any atom is -0.318 e. The first-order valence-electron chi connectivity index (χ1n) is 6.51. The number of benzene rings is 1. The van der Waals surface area contributed by atoms with Gasteiger partial charge in [0, 0.05) is 18.7 Å². The van der Waals surface area contributed by atoms with Crippen molar-refractivity contribution in [2.24, 2.45) is 5.84 Å². The molecular formula is C13H22N4O2. The van der Waals surface area contributed by atoms with Crippen molar-refractivity contribution < 1.29 is 4.92 Å². The molecule has 0 saturated heterocycles. The molecule has 0 bridgehead atoms. The molecule has 0 aliphatic carbocycles. The number of nitrogens with zero attached hydrogens (tertiary/aromatic N) is 2. The van der Waals surface area contributed by atoms with E-state index >= 15 is 0 Å². The summed E-state index contributed by atoms with van der Waals surface area (Å²) in [6.45, 7) is 8.01. The Labute approximate surface area is 113 Å². The number of nitro benzene ring substituents is 1. The van der Waals surface area contributed by atoms with Crippen LogP contribution in [0.15, 0.2) is 18.2 Å². The minimum atomic E-state index is -0.418. The SMILES string of the molecule is CCC(C)N(CC)Cc1ccc(NN)c([N+](=O)[O-])c1. The van der Waals surface area contributed by atoms with Crippen LogP contribution < -0.4 is 11.3 Å². The standard InChI is InChI=1S/C13H22N4O2/c1-4-10(3)16(5-2)9-11-6-7-12(15-14)13(8-11)17(18)19/h6-8,10,15H,4-5,9,14H2,1-3H3. The molecule has 3 N–H and O–H groups in total. The van der Waals surface area contributed by atoms with Crippen LogP contribution in [0, 0.1) is 10.1 Å². The topological polar surface area (TPSA) is 84.4 Å². The van der Waals surface area contributed by atoms with Crippen molar-refractivity contribution >= 4 is 11.4 Å². The molecule has 1 aromatic carbocycles. The van der Waals surface area contributed by atoms with Gasteiger partial charge in [-0.2, -0.15) is 0 Å². The van der Waals surface area contributed by atoms with Crippen LogP contribution in [0.2, 0.25) is 0 Å². The third-order valence-electron chi connectivity index (χ3n) is 3.42. The summed E-state index contributed by atoms with van der Waals surface area (Å²) in [4.78, 5) is 12.8. The Kier molecular flexibility index (Phi) is 5.72. The van der Waals surface area contributed by atoms with E-state index in [1.54, 1.807) is 12.1 Å². The molecule has 1 atom stereocenters. The molecule has 19 heavy (non-hydrogen) atoms. The van der Waals surface area contributed by atoms with Crippen LogP contribution in [-0.2, 0) is 6.54 Å². The molecule has 0 radical (unpaired) electrons. The smallest absolute Gasteiger partial charge is 0.293 e. The average molecular weight is 266 g/mol. The molecule has 1 rings (SSSR count). The summed E-state index contributed by atoms with van der Waals surface area (Å²) >= 11 is 0. The van der Waals surface area contributed by atoms with E-state index in [2.05, 4.69) is 31.1 Å². The molecule has 0 aromatic heterocycles. The van der Waals surface area contributed by atoms with Gasteiger partial charge in [0.2, 0.25) is 0 Å². The monoisotopic (exact) mass is 266 g/mol. The lowest BCUT2D eigenvalue weighted by Crippen LogP contribution is -2.31. The Hall–Kier alpha value is -1.66. The fourth-order valence-corrected chi connectivity index (χ4v) is 2.02. The molecule has 0 aliphatic heterocycles. The van der Waals surface area contributed by atoms with Gasteiger partial charge in [-0.1, -0.05) is 19.9 Å². The molecule has 0 spiro atoms. The number of nitrogens with two attached hydrogens (primary N) is 1. The number of hydrogen-bond donors (Lipinski definition) is 2. The second-order valence-corrected chi connectivity index (χ2v) is 4.57. The first-order valence-corrected chi connectivity index (χ1v) is 6.51. The molecule has 1 unspecified atom stereocenters. The zero-order valence-corrected chi connectivity index (χ0v) is 11.7. The van der Waals surface area contributed by atoms with Gasteiger partial charge < -0.3 is 5.43 Å². The summed E-state index contributed by atoms with van der Waals surface area (Å²) in [6.07, 6.45) is 1.05. The summed E-state index contributed by atoms with van der Waals surface area (Å²) in [5.74, 6) is 5.27. The normalized spacial score (nSPS) is 12.5. The van der Waals surface area contributed by atoms with Gasteiger partial charge in [0.15, 0.2) is 0 Å². The zero-order valence-electron chi connectivity index (χ0n) is 11.7. The summed E-state index contributed by atoms with van der Waals surface area (Å²) in [5, 5.41) is 11.0. The lowest BCUT2D eigenvalue weighted by molar-refractivity contribution is -0.384. The lowest BCUT2D eigenvalue weighted by Gasteiger charge is -2.26. The highest BCUT2D eigenvalue weighted by Gasteiger charge is 2.16. The van der Waals surface area contributed by atoms with Crippen molar-refractivity contribution in [1.29, 1.82) is 0 Å². The Morgan fingerprint density at radius 1 is 1.47 bits per heavy atom. The van der Waals surface area contributed by atoms with E-state index in [9.17, 15) is 10.1 Å². The largest absolute Gasteiger partial charge is 0.318 e. The van der Waals surface area contributed by atoms with Gasteiger partial charge in [0.05, 0.1) is 4.92 Å². The summed E-state index contributed by atoms with van der Waals surface area (Å²) in [7, 11) is 0. The number of nitro groups is 1. The fraction of sp³-hybridized carbons (Fsp3) is 0.538. The molecular weight excluding hydrogens is 244 g/mol. The first kappa shape index (κ1) is 15.4. The fourth-order valence-electron chi connectivity index (χ4n) is 2.02. The quantitative estimate of drug-likeness (QED) is 0.450. The van der Waals surface area contributed by atoms with Crippen molar-refractivity contribution in [3.63, 3.8) is 0 Å². The average Bonchev–Trinajstić information content (AvgIpc) is 2.43. The highest BCUT2D eigenvalue weighted by molar-refractivity contribution is 5.61. The Morgan fingerprint density at radius 3 is 2.63 bits per heavy atom. The highest BCUT2D eigenvalue weighted by Crippen LogP contribution is 2.25. The summed E-state index contributed by atoms with van der Waals surface area (Å²) in [5.41, 5.74) is 3.62. The second-order valence-electron chi connectivity index (χ2n) is 4.57. The predicted octanol–water partition coefficient (Wildman–Crippen LogP) is 2.50. The van der Waals surface area contributed by atoms with Crippen molar-refractivity contribution in [3.8, 4) is 0 Å². The zero-order chi connectivity index (χ0) is 14.4. The lowest BCUT2D eigenvalue weighted by atomic mass is 10.1. The predicted molar refractivity (Wildman–Crippen MR) is 76.7 cm³/mol. The van der Waals surface area contributed by atoms with Crippen molar-refractivity contribution in [2.75, 3.05) is 12.0 Å². The van der Waals surface area contributed by atoms with Crippen LogP contribution in [0.5, 0.6) is 0 Å². The van der Waals surface area contributed by atoms with Crippen LogP contribution in [0.1, 0.15) is 32.8 Å². The van der Waals surface area contributed by atoms with Crippen LogP contribution >= 0.6 is 0 Å². The van der Waals surface area contributed by atoms with Crippen LogP contribution in [0.4, 0.5) is 11.4 Å². The van der Waals surface area contributed by atoms with Gasteiger partial charge in [0.25, 0.3) is 5.69 Å². The molecule has 0 heterocycles. The molecule has 0 aliphatic rings. The van der Waals surface area contributed by atoms with Crippen LogP contribution in [-0.4, -0.2) is 22.4 Å². The molecule has 0 amide bonds. The van der Waals surface area contributed by atoms with Crippen LogP contribution in [0.25, 0.3) is 0 Å². The molecule has 6 heteroatoms. The Balaban J connectivity index is 2.95. The van der Waals surface area contributed by atoms with Gasteiger partial charge in [0.1, 0.15) is 5.69 Å². The number of rotatable bonds is 7. The molecule has 1 aromatic rings. The maximum atomic E-state index is 11.0. The van der Waals surface area contributed by atoms with Gasteiger partial charge in [-0.3, -0.25) is 20.9 Å². The van der Waals surface area contributed by atoms with E-state index in [0.29, 0.717) is 18.3 Å². The van der Waals surface area contributed by atoms with Crippen molar-refractivity contribution in [1.82, 2.24) is 4.90 Å². The van der Waals surface area contributed by atoms with E-state index in [1.807, 2.05) is 6.07 Å². The van der Waals surface area contributed by atoms with Gasteiger partial charge in [-0.15, -0.1) is 0 Å². The number of hydrogen-bond acceptors (Lipinski definition) is 5. The minimum absolute atomic E-state index is 0.0141.